The maximum absolute atomic E-state index is 11.9. The van der Waals surface area contributed by atoms with Crippen LogP contribution in [0.2, 0.25) is 10.0 Å². The number of rotatable bonds is 3. The summed E-state index contributed by atoms with van der Waals surface area (Å²) in [5.74, 6) is -0.323. The zero-order valence-electron chi connectivity index (χ0n) is 10.7. The summed E-state index contributed by atoms with van der Waals surface area (Å²) in [6.07, 6.45) is 1.57. The number of aromatic nitrogens is 1. The van der Waals surface area contributed by atoms with Crippen LogP contribution in [-0.4, -0.2) is 10.5 Å². The molecule has 1 aromatic heterocycles. The molecule has 0 saturated heterocycles. The molecule has 104 valence electrons. The molecule has 0 spiro atoms. The number of nitrogens with zero attached hydrogens (tertiary/aromatic N) is 1. The van der Waals surface area contributed by atoms with Gasteiger partial charge in [-0.1, -0.05) is 29.3 Å². The van der Waals surface area contributed by atoms with E-state index in [4.69, 9.17) is 23.2 Å². The lowest BCUT2D eigenvalue weighted by molar-refractivity contribution is -0.116. The van der Waals surface area contributed by atoms with Gasteiger partial charge in [0.1, 0.15) is 6.54 Å². The van der Waals surface area contributed by atoms with Crippen molar-refractivity contribution in [3.63, 3.8) is 0 Å². The van der Waals surface area contributed by atoms with E-state index in [-0.39, 0.29) is 18.0 Å². The molecule has 0 saturated carbocycles. The van der Waals surface area contributed by atoms with Gasteiger partial charge in [-0.15, -0.1) is 0 Å². The van der Waals surface area contributed by atoms with Crippen LogP contribution < -0.4 is 10.9 Å². The molecule has 0 fully saturated rings. The van der Waals surface area contributed by atoms with Crippen molar-refractivity contribution in [1.82, 2.24) is 4.57 Å². The predicted octanol–water partition coefficient (Wildman–Crippen LogP) is 3.10. The molecule has 1 aromatic carbocycles. The highest BCUT2D eigenvalue weighted by Gasteiger charge is 2.07. The first kappa shape index (κ1) is 14.6. The number of hydrogen-bond donors (Lipinski definition) is 1. The van der Waals surface area contributed by atoms with Crippen molar-refractivity contribution in [3.05, 3.63) is 62.5 Å². The fraction of sp³-hybridized carbons (Fsp3) is 0.143. The van der Waals surface area contributed by atoms with Crippen molar-refractivity contribution in [2.75, 3.05) is 5.32 Å². The maximum Gasteiger partial charge on any atom is 0.253 e. The van der Waals surface area contributed by atoms with Crippen molar-refractivity contribution in [2.45, 2.75) is 13.5 Å². The van der Waals surface area contributed by atoms with E-state index in [2.05, 4.69) is 5.32 Å². The van der Waals surface area contributed by atoms with Gasteiger partial charge in [0.05, 0.1) is 0 Å². The third-order valence-corrected chi connectivity index (χ3v) is 3.11. The second-order valence-electron chi connectivity index (χ2n) is 4.33. The van der Waals surface area contributed by atoms with Crippen LogP contribution in [0, 0.1) is 6.92 Å². The summed E-state index contributed by atoms with van der Waals surface area (Å²) in [6.45, 7) is 1.64. The number of benzene rings is 1. The Morgan fingerprint density at radius 1 is 1.25 bits per heavy atom. The molecule has 0 atom stereocenters. The van der Waals surface area contributed by atoms with Gasteiger partial charge < -0.3 is 9.88 Å². The van der Waals surface area contributed by atoms with Crippen LogP contribution in [0.1, 0.15) is 5.56 Å². The molecule has 0 bridgehead atoms. The van der Waals surface area contributed by atoms with Crippen LogP contribution in [0.25, 0.3) is 0 Å². The zero-order valence-corrected chi connectivity index (χ0v) is 12.2. The van der Waals surface area contributed by atoms with Gasteiger partial charge >= 0.3 is 0 Å². The minimum Gasteiger partial charge on any atom is -0.324 e. The Hall–Kier alpha value is -1.78. The Kier molecular flexibility index (Phi) is 4.47. The highest BCUT2D eigenvalue weighted by Crippen LogP contribution is 2.22. The van der Waals surface area contributed by atoms with Crippen molar-refractivity contribution in [1.29, 1.82) is 0 Å². The smallest absolute Gasteiger partial charge is 0.253 e. The molecule has 1 heterocycles. The zero-order chi connectivity index (χ0) is 14.7. The van der Waals surface area contributed by atoms with Crippen LogP contribution >= 0.6 is 23.2 Å². The summed E-state index contributed by atoms with van der Waals surface area (Å²) < 4.78 is 1.34. The van der Waals surface area contributed by atoms with E-state index < -0.39 is 0 Å². The summed E-state index contributed by atoms with van der Waals surface area (Å²) in [7, 11) is 0. The monoisotopic (exact) mass is 310 g/mol. The molecule has 0 aliphatic rings. The lowest BCUT2D eigenvalue weighted by Crippen LogP contribution is -2.28. The molecular formula is C14H12Cl2N2O2. The van der Waals surface area contributed by atoms with E-state index in [0.29, 0.717) is 21.3 Å². The Balaban J connectivity index is 2.13. The van der Waals surface area contributed by atoms with Gasteiger partial charge in [0.2, 0.25) is 5.91 Å². The first-order chi connectivity index (χ1) is 9.45. The van der Waals surface area contributed by atoms with Crippen molar-refractivity contribution >= 4 is 34.8 Å². The molecular weight excluding hydrogens is 299 g/mol. The first-order valence-corrected chi connectivity index (χ1v) is 6.63. The molecule has 2 aromatic rings. The van der Waals surface area contributed by atoms with E-state index in [1.165, 1.54) is 4.57 Å². The van der Waals surface area contributed by atoms with E-state index in [9.17, 15) is 9.59 Å². The van der Waals surface area contributed by atoms with Gasteiger partial charge in [-0.3, -0.25) is 9.59 Å². The normalized spacial score (nSPS) is 10.3. The minimum atomic E-state index is -0.323. The average Bonchev–Trinajstić information content (AvgIpc) is 2.33. The summed E-state index contributed by atoms with van der Waals surface area (Å²) in [6, 6.07) is 8.17. The van der Waals surface area contributed by atoms with E-state index in [0.717, 1.165) is 0 Å². The molecule has 1 amide bonds. The summed E-state index contributed by atoms with van der Waals surface area (Å²) >= 11 is 11.7. The number of carbonyl (C=O) groups excluding carboxylic acids is 1. The van der Waals surface area contributed by atoms with E-state index in [1.807, 2.05) is 0 Å². The molecule has 0 aliphatic heterocycles. The second-order valence-corrected chi connectivity index (χ2v) is 5.20. The van der Waals surface area contributed by atoms with Crippen LogP contribution in [-0.2, 0) is 11.3 Å². The van der Waals surface area contributed by atoms with Gasteiger partial charge in [-0.25, -0.2) is 0 Å². The van der Waals surface area contributed by atoms with Gasteiger partial charge in [0, 0.05) is 27.5 Å². The lowest BCUT2D eigenvalue weighted by Gasteiger charge is -2.08. The highest BCUT2D eigenvalue weighted by molar-refractivity contribution is 6.35. The summed E-state index contributed by atoms with van der Waals surface area (Å²) in [4.78, 5) is 23.7. The van der Waals surface area contributed by atoms with Crippen LogP contribution in [0.5, 0.6) is 0 Å². The lowest BCUT2D eigenvalue weighted by atomic mass is 10.3. The van der Waals surface area contributed by atoms with Crippen LogP contribution in [0.4, 0.5) is 5.69 Å². The van der Waals surface area contributed by atoms with Crippen LogP contribution in [0.3, 0.4) is 0 Å². The van der Waals surface area contributed by atoms with E-state index in [1.54, 1.807) is 43.5 Å². The van der Waals surface area contributed by atoms with Gasteiger partial charge in [-0.05, 0) is 31.2 Å². The molecule has 0 radical (unpaired) electrons. The number of pyridine rings is 1. The first-order valence-electron chi connectivity index (χ1n) is 5.88. The maximum atomic E-state index is 11.9. The van der Waals surface area contributed by atoms with Crippen molar-refractivity contribution in [2.24, 2.45) is 0 Å². The molecule has 0 unspecified atom stereocenters. The van der Waals surface area contributed by atoms with Crippen molar-refractivity contribution < 1.29 is 4.79 Å². The van der Waals surface area contributed by atoms with Crippen molar-refractivity contribution in [3.8, 4) is 0 Å². The Bertz CT molecular complexity index is 690. The topological polar surface area (TPSA) is 51.1 Å². The number of halogens is 2. The largest absolute Gasteiger partial charge is 0.324 e. The Labute approximate surface area is 125 Å². The fourth-order valence-electron chi connectivity index (χ4n) is 1.76. The Morgan fingerprint density at radius 2 is 1.90 bits per heavy atom. The fourth-order valence-corrected chi connectivity index (χ4v) is 2.29. The molecule has 1 N–H and O–H groups in total. The molecule has 4 nitrogen and oxygen atoms in total. The quantitative estimate of drug-likeness (QED) is 0.947. The van der Waals surface area contributed by atoms with Crippen LogP contribution in [0.15, 0.2) is 41.3 Å². The SMILES string of the molecule is Cc1cccn(CC(=O)Nc2cc(Cl)cc(Cl)c2)c1=O. The standard InChI is InChI=1S/C14H12Cl2N2O2/c1-9-3-2-4-18(14(9)20)8-13(19)17-12-6-10(15)5-11(16)7-12/h2-7H,8H2,1H3,(H,17,19). The molecule has 6 heteroatoms. The highest BCUT2D eigenvalue weighted by atomic mass is 35.5. The van der Waals surface area contributed by atoms with Gasteiger partial charge in [0.15, 0.2) is 0 Å². The summed E-state index contributed by atoms with van der Waals surface area (Å²) in [5.41, 5.74) is 0.895. The number of amides is 1. The van der Waals surface area contributed by atoms with Gasteiger partial charge in [-0.2, -0.15) is 0 Å². The third-order valence-electron chi connectivity index (χ3n) is 2.67. The second kappa shape index (κ2) is 6.11. The third kappa shape index (κ3) is 3.62. The number of carbonyl (C=O) groups is 1. The van der Waals surface area contributed by atoms with Gasteiger partial charge in [0.25, 0.3) is 5.56 Å². The number of nitrogens with one attached hydrogen (secondary N) is 1. The van der Waals surface area contributed by atoms with E-state index >= 15 is 0 Å². The molecule has 20 heavy (non-hydrogen) atoms. The average molecular weight is 311 g/mol. The number of anilines is 1. The molecule has 0 aliphatic carbocycles. The number of aryl methyl sites for hydroxylation is 1. The minimum absolute atomic E-state index is 0.0648. The summed E-state index contributed by atoms with van der Waals surface area (Å²) in [5, 5.41) is 3.51. The number of hydrogen-bond acceptors (Lipinski definition) is 2. The predicted molar refractivity (Wildman–Crippen MR) is 80.5 cm³/mol. The Morgan fingerprint density at radius 3 is 2.55 bits per heavy atom. The molecule has 2 rings (SSSR count).